The van der Waals surface area contributed by atoms with Gasteiger partial charge in [0.2, 0.25) is 0 Å². The van der Waals surface area contributed by atoms with E-state index in [-0.39, 0.29) is 5.91 Å². The molecule has 0 unspecified atom stereocenters. The summed E-state index contributed by atoms with van der Waals surface area (Å²) in [5.74, 6) is 0.670. The molecular weight excluding hydrogens is 264 g/mol. The predicted molar refractivity (Wildman–Crippen MR) is 86.4 cm³/mol. The summed E-state index contributed by atoms with van der Waals surface area (Å²) in [4.78, 5) is 12.4. The van der Waals surface area contributed by atoms with Crippen LogP contribution in [0.15, 0.2) is 36.4 Å². The summed E-state index contributed by atoms with van der Waals surface area (Å²) in [6, 6.07) is 11.3. The van der Waals surface area contributed by atoms with Crippen LogP contribution in [-0.2, 0) is 0 Å². The zero-order valence-corrected chi connectivity index (χ0v) is 12.8. The summed E-state index contributed by atoms with van der Waals surface area (Å²) in [6.07, 6.45) is 0. The zero-order valence-electron chi connectivity index (χ0n) is 12.8. The minimum absolute atomic E-state index is 0.135. The Morgan fingerprint density at radius 2 is 1.86 bits per heavy atom. The van der Waals surface area contributed by atoms with Crippen molar-refractivity contribution in [2.75, 3.05) is 24.8 Å². The molecule has 110 valence electrons. The lowest BCUT2D eigenvalue weighted by Crippen LogP contribution is -2.14. The van der Waals surface area contributed by atoms with Gasteiger partial charge in [0, 0.05) is 18.4 Å². The number of hydrogen-bond donors (Lipinski definition) is 2. The van der Waals surface area contributed by atoms with Crippen LogP contribution in [0, 0.1) is 13.8 Å². The van der Waals surface area contributed by atoms with Crippen molar-refractivity contribution in [3.8, 4) is 5.75 Å². The van der Waals surface area contributed by atoms with Crippen LogP contribution in [0.2, 0.25) is 0 Å². The van der Waals surface area contributed by atoms with E-state index >= 15 is 0 Å². The molecule has 21 heavy (non-hydrogen) atoms. The van der Waals surface area contributed by atoms with Gasteiger partial charge < -0.3 is 15.4 Å². The second-order valence-electron chi connectivity index (χ2n) is 4.94. The molecule has 0 spiro atoms. The number of hydrogen-bond acceptors (Lipinski definition) is 3. The minimum atomic E-state index is -0.135. The molecular formula is C17H20N2O2. The van der Waals surface area contributed by atoms with Gasteiger partial charge in [-0.1, -0.05) is 6.07 Å². The molecule has 2 aromatic rings. The van der Waals surface area contributed by atoms with Crippen molar-refractivity contribution in [2.24, 2.45) is 0 Å². The lowest BCUT2D eigenvalue weighted by Gasteiger charge is -2.12. The molecule has 0 saturated heterocycles. The van der Waals surface area contributed by atoms with Gasteiger partial charge in [-0.25, -0.2) is 0 Å². The predicted octanol–water partition coefficient (Wildman–Crippen LogP) is 3.61. The number of ether oxygens (including phenoxy) is 1. The van der Waals surface area contributed by atoms with Crippen molar-refractivity contribution < 1.29 is 9.53 Å². The van der Waals surface area contributed by atoms with Crippen molar-refractivity contribution in [1.29, 1.82) is 0 Å². The molecule has 0 fully saturated rings. The maximum atomic E-state index is 12.4. The first-order chi connectivity index (χ1) is 10.0. The van der Waals surface area contributed by atoms with Crippen LogP contribution >= 0.6 is 0 Å². The molecule has 1 amide bonds. The van der Waals surface area contributed by atoms with Crippen molar-refractivity contribution in [2.45, 2.75) is 13.8 Å². The Morgan fingerprint density at radius 3 is 2.48 bits per heavy atom. The Kier molecular flexibility index (Phi) is 4.48. The van der Waals surface area contributed by atoms with Crippen LogP contribution in [0.5, 0.6) is 5.75 Å². The summed E-state index contributed by atoms with van der Waals surface area (Å²) >= 11 is 0. The number of nitrogens with one attached hydrogen (secondary N) is 2. The van der Waals surface area contributed by atoms with E-state index in [0.29, 0.717) is 5.56 Å². The van der Waals surface area contributed by atoms with Gasteiger partial charge in [0.25, 0.3) is 5.91 Å². The third-order valence-electron chi connectivity index (χ3n) is 3.34. The molecule has 2 N–H and O–H groups in total. The van der Waals surface area contributed by atoms with E-state index in [1.165, 1.54) is 0 Å². The SMILES string of the molecule is CNc1cc(C)ccc1C(=O)Nc1ccc(OC)c(C)c1. The van der Waals surface area contributed by atoms with Gasteiger partial charge in [0.05, 0.1) is 12.7 Å². The molecule has 0 heterocycles. The van der Waals surface area contributed by atoms with Crippen molar-refractivity contribution in [3.63, 3.8) is 0 Å². The number of benzene rings is 2. The summed E-state index contributed by atoms with van der Waals surface area (Å²) < 4.78 is 5.22. The lowest BCUT2D eigenvalue weighted by molar-refractivity contribution is 0.102. The first-order valence-electron chi connectivity index (χ1n) is 6.79. The van der Waals surface area contributed by atoms with Gasteiger partial charge in [-0.2, -0.15) is 0 Å². The zero-order chi connectivity index (χ0) is 15.4. The highest BCUT2D eigenvalue weighted by molar-refractivity contribution is 6.08. The Labute approximate surface area is 125 Å². The van der Waals surface area contributed by atoms with E-state index in [2.05, 4.69) is 10.6 Å². The quantitative estimate of drug-likeness (QED) is 0.901. The molecule has 0 aromatic heterocycles. The molecule has 2 aromatic carbocycles. The molecule has 0 radical (unpaired) electrons. The van der Waals surface area contributed by atoms with E-state index in [1.54, 1.807) is 7.11 Å². The highest BCUT2D eigenvalue weighted by Gasteiger charge is 2.11. The molecule has 2 rings (SSSR count). The number of amides is 1. The monoisotopic (exact) mass is 284 g/mol. The normalized spacial score (nSPS) is 10.1. The molecule has 4 nitrogen and oxygen atoms in total. The molecule has 0 atom stereocenters. The van der Waals surface area contributed by atoms with Crippen molar-refractivity contribution in [1.82, 2.24) is 0 Å². The van der Waals surface area contributed by atoms with Gasteiger partial charge in [-0.15, -0.1) is 0 Å². The second kappa shape index (κ2) is 6.31. The molecule has 0 saturated carbocycles. The van der Waals surface area contributed by atoms with Gasteiger partial charge in [0.1, 0.15) is 5.75 Å². The number of anilines is 2. The molecule has 0 aliphatic carbocycles. The maximum absolute atomic E-state index is 12.4. The van der Waals surface area contributed by atoms with Gasteiger partial charge in [-0.3, -0.25) is 4.79 Å². The van der Waals surface area contributed by atoms with Crippen LogP contribution in [0.4, 0.5) is 11.4 Å². The largest absolute Gasteiger partial charge is 0.496 e. The summed E-state index contributed by atoms with van der Waals surface area (Å²) in [5, 5.41) is 5.96. The van der Waals surface area contributed by atoms with Crippen LogP contribution in [-0.4, -0.2) is 20.1 Å². The molecule has 4 heteroatoms. The maximum Gasteiger partial charge on any atom is 0.257 e. The molecule has 0 bridgehead atoms. The Bertz CT molecular complexity index is 666. The van der Waals surface area contributed by atoms with Crippen LogP contribution in [0.3, 0.4) is 0 Å². The Morgan fingerprint density at radius 1 is 1.10 bits per heavy atom. The average Bonchev–Trinajstić information content (AvgIpc) is 2.47. The number of carbonyl (C=O) groups is 1. The van der Waals surface area contributed by atoms with Crippen LogP contribution < -0.4 is 15.4 Å². The standard InChI is InChI=1S/C17H20N2O2/c1-11-5-7-14(15(9-11)18-3)17(20)19-13-6-8-16(21-4)12(2)10-13/h5-10,18H,1-4H3,(H,19,20). The van der Waals surface area contributed by atoms with Crippen LogP contribution in [0.25, 0.3) is 0 Å². The fourth-order valence-electron chi connectivity index (χ4n) is 2.22. The first-order valence-corrected chi connectivity index (χ1v) is 6.79. The topological polar surface area (TPSA) is 50.4 Å². The molecule has 0 aliphatic rings. The fraction of sp³-hybridized carbons (Fsp3) is 0.235. The van der Waals surface area contributed by atoms with E-state index in [1.807, 2.05) is 57.3 Å². The Balaban J connectivity index is 2.24. The smallest absolute Gasteiger partial charge is 0.257 e. The summed E-state index contributed by atoms with van der Waals surface area (Å²) in [7, 11) is 3.44. The number of rotatable bonds is 4. The van der Waals surface area contributed by atoms with Crippen molar-refractivity contribution in [3.05, 3.63) is 53.1 Å². The van der Waals surface area contributed by atoms with E-state index in [4.69, 9.17) is 4.74 Å². The average molecular weight is 284 g/mol. The van der Waals surface area contributed by atoms with Gasteiger partial charge in [-0.05, 0) is 55.3 Å². The van der Waals surface area contributed by atoms with E-state index in [9.17, 15) is 4.79 Å². The number of methoxy groups -OCH3 is 1. The van der Waals surface area contributed by atoms with Gasteiger partial charge >= 0.3 is 0 Å². The minimum Gasteiger partial charge on any atom is -0.496 e. The summed E-state index contributed by atoms with van der Waals surface area (Å²) in [6.45, 7) is 3.94. The third-order valence-corrected chi connectivity index (χ3v) is 3.34. The third kappa shape index (κ3) is 3.34. The first kappa shape index (κ1) is 14.9. The van der Waals surface area contributed by atoms with Crippen molar-refractivity contribution >= 4 is 17.3 Å². The fourth-order valence-corrected chi connectivity index (χ4v) is 2.22. The Hall–Kier alpha value is -2.49. The van der Waals surface area contributed by atoms with Gasteiger partial charge in [0.15, 0.2) is 0 Å². The second-order valence-corrected chi connectivity index (χ2v) is 4.94. The number of aryl methyl sites for hydroxylation is 2. The van der Waals surface area contributed by atoms with Crippen LogP contribution in [0.1, 0.15) is 21.5 Å². The summed E-state index contributed by atoms with van der Waals surface area (Å²) in [5.41, 5.74) is 4.28. The van der Waals surface area contributed by atoms with E-state index < -0.39 is 0 Å². The molecule has 0 aliphatic heterocycles. The van der Waals surface area contributed by atoms with E-state index in [0.717, 1.165) is 28.3 Å². The lowest BCUT2D eigenvalue weighted by atomic mass is 10.1. The highest BCUT2D eigenvalue weighted by Crippen LogP contribution is 2.23. The number of carbonyl (C=O) groups excluding carboxylic acids is 1. The highest BCUT2D eigenvalue weighted by atomic mass is 16.5.